The van der Waals surface area contributed by atoms with E-state index in [-0.39, 0.29) is 23.7 Å². The molecule has 0 radical (unpaired) electrons. The van der Waals surface area contributed by atoms with Crippen LogP contribution in [0.5, 0.6) is 17.2 Å². The first kappa shape index (κ1) is 29.3. The van der Waals surface area contributed by atoms with Crippen molar-refractivity contribution >= 4 is 41.2 Å². The predicted molar refractivity (Wildman–Crippen MR) is 160 cm³/mol. The van der Waals surface area contributed by atoms with Crippen molar-refractivity contribution in [1.29, 1.82) is 0 Å². The minimum atomic E-state index is -0.867. The molecule has 10 heteroatoms. The third-order valence-electron chi connectivity index (χ3n) is 6.43. The number of nitrogens with zero attached hydrogens (tertiary/aromatic N) is 1. The van der Waals surface area contributed by atoms with Crippen LogP contribution in [0, 0.1) is 5.82 Å². The van der Waals surface area contributed by atoms with Gasteiger partial charge in [0.1, 0.15) is 30.4 Å². The molecule has 4 amide bonds. The Morgan fingerprint density at radius 3 is 2.30 bits per heavy atom. The fourth-order valence-corrected chi connectivity index (χ4v) is 4.40. The second-order valence-electron chi connectivity index (χ2n) is 9.39. The highest BCUT2D eigenvalue weighted by Gasteiger charge is 2.36. The van der Waals surface area contributed by atoms with E-state index >= 15 is 0 Å². The average molecular weight is 601 g/mol. The fraction of sp³-hybridized carbons (Fsp3) is 0.121. The molecule has 1 saturated heterocycles. The second kappa shape index (κ2) is 13.2. The van der Waals surface area contributed by atoms with E-state index in [2.05, 4.69) is 5.32 Å². The number of urea groups is 1. The summed E-state index contributed by atoms with van der Waals surface area (Å²) in [5, 5.41) is 2.84. The molecule has 0 aromatic heterocycles. The summed E-state index contributed by atoms with van der Waals surface area (Å²) < 4.78 is 31.3. The summed E-state index contributed by atoms with van der Waals surface area (Å²) in [5.74, 6) is -0.770. The molecule has 0 bridgehead atoms. The zero-order chi connectivity index (χ0) is 30.3. The quantitative estimate of drug-likeness (QED) is 0.161. The number of imide groups is 2. The highest BCUT2D eigenvalue weighted by Crippen LogP contribution is 2.31. The van der Waals surface area contributed by atoms with Gasteiger partial charge in [0, 0.05) is 10.6 Å². The van der Waals surface area contributed by atoms with Crippen molar-refractivity contribution in [2.75, 3.05) is 11.5 Å². The minimum Gasteiger partial charge on any atom is -0.490 e. The van der Waals surface area contributed by atoms with E-state index in [1.165, 1.54) is 12.1 Å². The van der Waals surface area contributed by atoms with Crippen molar-refractivity contribution in [2.24, 2.45) is 0 Å². The Bertz CT molecular complexity index is 1690. The van der Waals surface area contributed by atoms with Crippen molar-refractivity contribution in [3.05, 3.63) is 124 Å². The molecule has 1 aliphatic heterocycles. The Morgan fingerprint density at radius 1 is 0.837 bits per heavy atom. The fourth-order valence-electron chi connectivity index (χ4n) is 4.27. The van der Waals surface area contributed by atoms with Crippen LogP contribution in [-0.2, 0) is 22.8 Å². The van der Waals surface area contributed by atoms with Gasteiger partial charge in [-0.3, -0.25) is 14.9 Å². The second-order valence-corrected chi connectivity index (χ2v) is 9.82. The van der Waals surface area contributed by atoms with Crippen LogP contribution in [0.15, 0.2) is 96.6 Å². The lowest BCUT2D eigenvalue weighted by molar-refractivity contribution is -0.122. The summed E-state index contributed by atoms with van der Waals surface area (Å²) in [4.78, 5) is 39.6. The maximum absolute atomic E-state index is 14.0. The lowest BCUT2D eigenvalue weighted by atomic mass is 10.1. The van der Waals surface area contributed by atoms with E-state index in [0.717, 1.165) is 10.5 Å². The molecule has 8 nitrogen and oxygen atoms in total. The van der Waals surface area contributed by atoms with Crippen LogP contribution in [-0.4, -0.2) is 24.5 Å². The number of halogens is 2. The SMILES string of the molecule is CCOc1cc(/C=C2\C(=O)NC(=O)N(c3ccc(OCc4ccc(Cl)cc4)cc3)C2=O)ccc1OCc1ccccc1F. The number of hydrogen-bond donors (Lipinski definition) is 1. The van der Waals surface area contributed by atoms with Crippen LogP contribution >= 0.6 is 11.6 Å². The van der Waals surface area contributed by atoms with Crippen LogP contribution in [0.4, 0.5) is 14.9 Å². The molecule has 1 fully saturated rings. The average Bonchev–Trinajstić information content (AvgIpc) is 3.00. The molecule has 218 valence electrons. The summed E-state index contributed by atoms with van der Waals surface area (Å²) in [6, 6.07) is 23.8. The van der Waals surface area contributed by atoms with Crippen LogP contribution in [0.1, 0.15) is 23.6 Å². The molecule has 4 aromatic rings. The Hall–Kier alpha value is -5.15. The molecule has 1 aliphatic rings. The molecule has 4 aromatic carbocycles. The first-order valence-corrected chi connectivity index (χ1v) is 13.7. The van der Waals surface area contributed by atoms with Gasteiger partial charge in [0.05, 0.1) is 12.3 Å². The number of hydrogen-bond acceptors (Lipinski definition) is 6. The summed E-state index contributed by atoms with van der Waals surface area (Å²) in [7, 11) is 0. The monoisotopic (exact) mass is 600 g/mol. The molecular formula is C33H26ClFN2O6. The van der Waals surface area contributed by atoms with E-state index in [1.54, 1.807) is 79.7 Å². The Labute approximate surface area is 252 Å². The molecule has 43 heavy (non-hydrogen) atoms. The topological polar surface area (TPSA) is 94.2 Å². The van der Waals surface area contributed by atoms with Crippen molar-refractivity contribution in [2.45, 2.75) is 20.1 Å². The summed E-state index contributed by atoms with van der Waals surface area (Å²) in [6.07, 6.45) is 1.36. The van der Waals surface area contributed by atoms with Gasteiger partial charge in [0.2, 0.25) is 0 Å². The Balaban J connectivity index is 1.32. The van der Waals surface area contributed by atoms with Crippen LogP contribution in [0.25, 0.3) is 6.08 Å². The number of rotatable bonds is 10. The number of carbonyl (C=O) groups excluding carboxylic acids is 3. The minimum absolute atomic E-state index is 0.0178. The van der Waals surface area contributed by atoms with Gasteiger partial charge in [-0.05, 0) is 78.7 Å². The van der Waals surface area contributed by atoms with Gasteiger partial charge in [-0.15, -0.1) is 0 Å². The molecule has 0 unspecified atom stereocenters. The Morgan fingerprint density at radius 2 is 1.58 bits per heavy atom. The smallest absolute Gasteiger partial charge is 0.335 e. The van der Waals surface area contributed by atoms with Crippen LogP contribution in [0.3, 0.4) is 0 Å². The third kappa shape index (κ3) is 7.02. The van der Waals surface area contributed by atoms with Gasteiger partial charge < -0.3 is 14.2 Å². The van der Waals surface area contributed by atoms with Crippen molar-refractivity contribution in [3.8, 4) is 17.2 Å². The molecule has 0 spiro atoms. The van der Waals surface area contributed by atoms with E-state index in [9.17, 15) is 18.8 Å². The molecule has 1 N–H and O–H groups in total. The molecule has 1 heterocycles. The normalized spacial score (nSPS) is 14.1. The van der Waals surface area contributed by atoms with E-state index in [4.69, 9.17) is 25.8 Å². The standard InChI is InChI=1S/C33H26ClFN2O6/c1-2-41-30-18-22(9-16-29(30)43-20-23-5-3-4-6-28(23)35)17-27-31(38)36-33(40)37(32(27)39)25-12-14-26(15-13-25)42-19-21-7-10-24(34)11-8-21/h3-18H,2,19-20H2,1H3,(H,36,38,40)/b27-17+. The van der Waals surface area contributed by atoms with Gasteiger partial charge in [0.15, 0.2) is 11.5 Å². The van der Waals surface area contributed by atoms with Gasteiger partial charge in [-0.2, -0.15) is 0 Å². The number of anilines is 1. The molecule has 0 atom stereocenters. The number of carbonyl (C=O) groups is 3. The van der Waals surface area contributed by atoms with E-state index < -0.39 is 17.8 Å². The van der Waals surface area contributed by atoms with Crippen molar-refractivity contribution in [3.63, 3.8) is 0 Å². The highest BCUT2D eigenvalue weighted by atomic mass is 35.5. The largest absolute Gasteiger partial charge is 0.490 e. The molecule has 5 rings (SSSR count). The van der Waals surface area contributed by atoms with Gasteiger partial charge in [-0.1, -0.05) is 48.0 Å². The summed E-state index contributed by atoms with van der Waals surface area (Å²) in [6.45, 7) is 2.40. The van der Waals surface area contributed by atoms with E-state index in [1.807, 2.05) is 12.1 Å². The lowest BCUT2D eigenvalue weighted by Gasteiger charge is -2.26. The maximum Gasteiger partial charge on any atom is 0.335 e. The number of nitrogens with one attached hydrogen (secondary N) is 1. The van der Waals surface area contributed by atoms with E-state index in [0.29, 0.717) is 46.6 Å². The zero-order valence-corrected chi connectivity index (χ0v) is 23.8. The number of barbiturate groups is 1. The van der Waals surface area contributed by atoms with Crippen molar-refractivity contribution in [1.82, 2.24) is 5.32 Å². The van der Waals surface area contributed by atoms with Gasteiger partial charge in [0.25, 0.3) is 11.8 Å². The molecular weight excluding hydrogens is 575 g/mol. The summed E-state index contributed by atoms with van der Waals surface area (Å²) >= 11 is 5.92. The highest BCUT2D eigenvalue weighted by molar-refractivity contribution is 6.39. The number of ether oxygens (including phenoxy) is 3. The Kier molecular flexibility index (Phi) is 9.02. The van der Waals surface area contributed by atoms with Gasteiger partial charge in [-0.25, -0.2) is 14.1 Å². The molecule has 0 saturated carbocycles. The van der Waals surface area contributed by atoms with Crippen LogP contribution < -0.4 is 24.4 Å². The number of benzene rings is 4. The van der Waals surface area contributed by atoms with Gasteiger partial charge >= 0.3 is 6.03 Å². The van der Waals surface area contributed by atoms with Crippen molar-refractivity contribution < 1.29 is 33.0 Å². The van der Waals surface area contributed by atoms with Crippen LogP contribution in [0.2, 0.25) is 5.02 Å². The maximum atomic E-state index is 14.0. The zero-order valence-electron chi connectivity index (χ0n) is 23.0. The predicted octanol–water partition coefficient (Wildman–Crippen LogP) is 6.70. The molecule has 0 aliphatic carbocycles. The lowest BCUT2D eigenvalue weighted by Crippen LogP contribution is -2.54. The first-order valence-electron chi connectivity index (χ1n) is 13.3. The summed E-state index contributed by atoms with van der Waals surface area (Å²) in [5.41, 5.74) is 1.77. The third-order valence-corrected chi connectivity index (χ3v) is 6.69. The first-order chi connectivity index (χ1) is 20.8. The number of amides is 4.